The summed E-state index contributed by atoms with van der Waals surface area (Å²) in [5, 5.41) is 3.21. The molecule has 1 N–H and O–H groups in total. The van der Waals surface area contributed by atoms with Gasteiger partial charge in [-0.1, -0.05) is 45.9 Å². The van der Waals surface area contributed by atoms with Crippen LogP contribution in [0.2, 0.25) is 0 Å². The van der Waals surface area contributed by atoms with Crippen molar-refractivity contribution in [1.29, 1.82) is 0 Å². The van der Waals surface area contributed by atoms with Gasteiger partial charge >= 0.3 is 6.18 Å². The standard InChI is InChI=1S/C18H19F3N2.2C2H6/c1-22-11-13-4-2-7-16-14(5-3-6-15(13)16)12-8-9-23-17(10-12)18(19,20)21;2*1-2/h3,5-6,8-10,13,22H,2,4,7,11H2,1H3;2*1-2H3. The minimum Gasteiger partial charge on any atom is -0.319 e. The first-order chi connectivity index (χ1) is 13.0. The fourth-order valence-electron chi connectivity index (χ4n) is 3.43. The average molecular weight is 380 g/mol. The van der Waals surface area contributed by atoms with E-state index >= 15 is 0 Å². The van der Waals surface area contributed by atoms with Gasteiger partial charge < -0.3 is 5.32 Å². The van der Waals surface area contributed by atoms with Crippen LogP contribution in [-0.2, 0) is 12.6 Å². The van der Waals surface area contributed by atoms with Gasteiger partial charge in [-0.15, -0.1) is 0 Å². The number of pyridine rings is 1. The molecule has 150 valence electrons. The Hall–Kier alpha value is -1.88. The highest BCUT2D eigenvalue weighted by molar-refractivity contribution is 5.69. The molecule has 1 aliphatic rings. The lowest BCUT2D eigenvalue weighted by molar-refractivity contribution is -0.141. The Morgan fingerprint density at radius 3 is 2.44 bits per heavy atom. The van der Waals surface area contributed by atoms with Crippen molar-refractivity contribution in [3.8, 4) is 11.1 Å². The van der Waals surface area contributed by atoms with Crippen molar-refractivity contribution >= 4 is 0 Å². The van der Waals surface area contributed by atoms with E-state index in [1.54, 1.807) is 6.07 Å². The normalized spacial score (nSPS) is 15.6. The van der Waals surface area contributed by atoms with Crippen LogP contribution in [0.15, 0.2) is 36.5 Å². The molecule has 1 atom stereocenters. The summed E-state index contributed by atoms with van der Waals surface area (Å²) in [7, 11) is 1.93. The summed E-state index contributed by atoms with van der Waals surface area (Å²) >= 11 is 0. The monoisotopic (exact) mass is 380 g/mol. The summed E-state index contributed by atoms with van der Waals surface area (Å²) in [5.74, 6) is 0.424. The second-order valence-electron chi connectivity index (χ2n) is 5.95. The first-order valence-corrected chi connectivity index (χ1v) is 9.80. The summed E-state index contributed by atoms with van der Waals surface area (Å²) in [6.07, 6.45) is -0.0879. The van der Waals surface area contributed by atoms with E-state index in [0.717, 1.165) is 37.4 Å². The molecule has 2 nitrogen and oxygen atoms in total. The van der Waals surface area contributed by atoms with Crippen molar-refractivity contribution in [3.05, 3.63) is 53.3 Å². The molecule has 0 saturated heterocycles. The quantitative estimate of drug-likeness (QED) is 0.661. The number of alkyl halides is 3. The fourth-order valence-corrected chi connectivity index (χ4v) is 3.43. The molecule has 1 unspecified atom stereocenters. The fraction of sp³-hybridized carbons (Fsp3) is 0.500. The highest BCUT2D eigenvalue weighted by Crippen LogP contribution is 2.38. The van der Waals surface area contributed by atoms with Gasteiger partial charge in [0.2, 0.25) is 0 Å². The maximum absolute atomic E-state index is 12.9. The number of benzene rings is 1. The van der Waals surface area contributed by atoms with Gasteiger partial charge in [-0.05, 0) is 66.6 Å². The second-order valence-corrected chi connectivity index (χ2v) is 5.95. The number of hydrogen-bond donors (Lipinski definition) is 1. The predicted octanol–water partition coefficient (Wildman–Crippen LogP) is 6.46. The Morgan fingerprint density at radius 1 is 1.11 bits per heavy atom. The smallest absolute Gasteiger partial charge is 0.319 e. The SMILES string of the molecule is CC.CC.CNCC1CCCc2c(-c3ccnc(C(F)(F)F)c3)cccc21. The van der Waals surface area contributed by atoms with Crippen LogP contribution in [0.3, 0.4) is 0 Å². The topological polar surface area (TPSA) is 24.9 Å². The van der Waals surface area contributed by atoms with E-state index in [2.05, 4.69) is 16.4 Å². The van der Waals surface area contributed by atoms with Gasteiger partial charge in [0.15, 0.2) is 0 Å². The summed E-state index contributed by atoms with van der Waals surface area (Å²) < 4.78 is 38.7. The Bertz CT molecular complexity index is 696. The van der Waals surface area contributed by atoms with E-state index in [1.807, 2.05) is 46.9 Å². The largest absolute Gasteiger partial charge is 0.433 e. The minimum atomic E-state index is -4.42. The van der Waals surface area contributed by atoms with Gasteiger partial charge in [-0.25, -0.2) is 0 Å². The van der Waals surface area contributed by atoms with Crippen molar-refractivity contribution < 1.29 is 13.2 Å². The van der Waals surface area contributed by atoms with Crippen LogP contribution in [0.25, 0.3) is 11.1 Å². The lowest BCUT2D eigenvalue weighted by Gasteiger charge is -2.27. The molecule has 1 aromatic heterocycles. The molecule has 0 aliphatic heterocycles. The average Bonchev–Trinajstić information content (AvgIpc) is 2.70. The third-order valence-corrected chi connectivity index (χ3v) is 4.44. The van der Waals surface area contributed by atoms with Crippen LogP contribution in [0, 0.1) is 0 Å². The molecule has 2 aromatic rings. The number of nitrogens with zero attached hydrogens (tertiary/aromatic N) is 1. The van der Waals surface area contributed by atoms with E-state index in [1.165, 1.54) is 17.3 Å². The van der Waals surface area contributed by atoms with Crippen LogP contribution in [0.5, 0.6) is 0 Å². The molecule has 0 radical (unpaired) electrons. The zero-order valence-electron chi connectivity index (χ0n) is 17.0. The van der Waals surface area contributed by atoms with Crippen LogP contribution < -0.4 is 5.32 Å². The first-order valence-electron chi connectivity index (χ1n) is 9.80. The molecule has 0 saturated carbocycles. The molecule has 0 fully saturated rings. The number of likely N-dealkylation sites (N-methyl/N-ethyl adjacent to an activating group) is 1. The van der Waals surface area contributed by atoms with Crippen molar-refractivity contribution in [2.24, 2.45) is 0 Å². The van der Waals surface area contributed by atoms with Gasteiger partial charge in [0.25, 0.3) is 0 Å². The van der Waals surface area contributed by atoms with Crippen LogP contribution in [-0.4, -0.2) is 18.6 Å². The van der Waals surface area contributed by atoms with Crippen LogP contribution >= 0.6 is 0 Å². The molecule has 1 heterocycles. The van der Waals surface area contributed by atoms with E-state index < -0.39 is 11.9 Å². The number of rotatable bonds is 3. The molecule has 3 rings (SSSR count). The maximum atomic E-state index is 12.9. The zero-order chi connectivity index (χ0) is 20.4. The summed E-state index contributed by atoms with van der Waals surface area (Å²) in [6.45, 7) is 8.89. The molecule has 27 heavy (non-hydrogen) atoms. The van der Waals surface area contributed by atoms with Crippen molar-refractivity contribution in [3.63, 3.8) is 0 Å². The van der Waals surface area contributed by atoms with E-state index in [0.29, 0.717) is 11.5 Å². The lowest BCUT2D eigenvalue weighted by Crippen LogP contribution is -2.21. The van der Waals surface area contributed by atoms with Crippen molar-refractivity contribution in [2.45, 2.75) is 59.1 Å². The molecule has 1 aliphatic carbocycles. The number of nitrogens with one attached hydrogen (secondary N) is 1. The zero-order valence-corrected chi connectivity index (χ0v) is 17.0. The molecule has 0 spiro atoms. The van der Waals surface area contributed by atoms with Gasteiger partial charge in [0, 0.05) is 12.7 Å². The third kappa shape index (κ3) is 5.80. The summed E-state index contributed by atoms with van der Waals surface area (Å²) in [5.41, 5.74) is 3.09. The van der Waals surface area contributed by atoms with E-state index in [-0.39, 0.29) is 0 Å². The van der Waals surface area contributed by atoms with Gasteiger partial charge in [-0.2, -0.15) is 13.2 Å². The Kier molecular flexibility index (Phi) is 9.50. The number of hydrogen-bond acceptors (Lipinski definition) is 2. The Labute approximate surface area is 161 Å². The molecule has 0 bridgehead atoms. The van der Waals surface area contributed by atoms with Crippen LogP contribution in [0.4, 0.5) is 13.2 Å². The van der Waals surface area contributed by atoms with Crippen LogP contribution in [0.1, 0.15) is 63.3 Å². The third-order valence-electron chi connectivity index (χ3n) is 4.44. The maximum Gasteiger partial charge on any atom is 0.433 e. The van der Waals surface area contributed by atoms with Crippen molar-refractivity contribution in [1.82, 2.24) is 10.3 Å². The highest BCUT2D eigenvalue weighted by atomic mass is 19.4. The second kappa shape index (κ2) is 11.1. The van der Waals surface area contributed by atoms with E-state index in [9.17, 15) is 13.2 Å². The highest BCUT2D eigenvalue weighted by Gasteiger charge is 2.32. The number of fused-ring (bicyclic) bond motifs is 1. The molecular formula is C22H31F3N2. The first kappa shape index (κ1) is 23.2. The van der Waals surface area contributed by atoms with Gasteiger partial charge in [-0.3, -0.25) is 4.98 Å². The molecule has 5 heteroatoms. The lowest BCUT2D eigenvalue weighted by atomic mass is 9.79. The van der Waals surface area contributed by atoms with E-state index in [4.69, 9.17) is 0 Å². The molecule has 0 amide bonds. The minimum absolute atomic E-state index is 0.424. The molecular weight excluding hydrogens is 349 g/mol. The summed E-state index contributed by atoms with van der Waals surface area (Å²) in [4.78, 5) is 3.46. The Morgan fingerprint density at radius 2 is 1.81 bits per heavy atom. The van der Waals surface area contributed by atoms with Gasteiger partial charge in [0.05, 0.1) is 0 Å². The van der Waals surface area contributed by atoms with Gasteiger partial charge in [0.1, 0.15) is 5.69 Å². The van der Waals surface area contributed by atoms with Crippen molar-refractivity contribution in [2.75, 3.05) is 13.6 Å². The predicted molar refractivity (Wildman–Crippen MR) is 107 cm³/mol. The summed E-state index contributed by atoms with van der Waals surface area (Å²) in [6, 6.07) is 8.77. The number of aromatic nitrogens is 1. The molecule has 1 aromatic carbocycles. The number of halogens is 3. The Balaban J connectivity index is 0.000000855.